The number of carbonyl (C=O) groups is 3. The third-order valence-electron chi connectivity index (χ3n) is 4.28. The summed E-state index contributed by atoms with van der Waals surface area (Å²) in [6.45, 7) is -0.0178. The van der Waals surface area contributed by atoms with E-state index in [1.165, 1.54) is 0 Å². The Labute approximate surface area is 120 Å². The van der Waals surface area contributed by atoms with Crippen molar-refractivity contribution in [3.05, 3.63) is 29.8 Å². The lowest BCUT2D eigenvalue weighted by molar-refractivity contribution is -0.125. The van der Waals surface area contributed by atoms with E-state index in [0.29, 0.717) is 6.42 Å². The average Bonchev–Trinajstić information content (AvgIpc) is 2.81. The highest BCUT2D eigenvalue weighted by Gasteiger charge is 2.54. The van der Waals surface area contributed by atoms with Gasteiger partial charge in [-0.2, -0.15) is 0 Å². The number of fused-ring (bicyclic) bond motifs is 1. The topological polar surface area (TPSA) is 113 Å². The summed E-state index contributed by atoms with van der Waals surface area (Å²) in [5, 5.41) is 12.0. The molecule has 1 aromatic carbocycles. The molecule has 21 heavy (non-hydrogen) atoms. The molecule has 2 atom stereocenters. The maximum absolute atomic E-state index is 12.4. The van der Waals surface area contributed by atoms with Gasteiger partial charge < -0.3 is 16.2 Å². The number of nitrogens with two attached hydrogens (primary N) is 1. The number of hydrogen-bond donors (Lipinski definition) is 3. The zero-order valence-corrected chi connectivity index (χ0v) is 11.2. The lowest BCUT2D eigenvalue weighted by Gasteiger charge is -2.33. The Morgan fingerprint density at radius 2 is 2.10 bits per heavy atom. The first kappa shape index (κ1) is 13.4. The van der Waals surface area contributed by atoms with Crippen LogP contribution < -0.4 is 11.1 Å². The number of primary amides is 1. The maximum atomic E-state index is 12.4. The minimum atomic E-state index is -1.23. The Morgan fingerprint density at radius 1 is 1.38 bits per heavy atom. The lowest BCUT2D eigenvalue weighted by atomic mass is 9.76. The number of hydrogen-bond acceptors (Lipinski definition) is 3. The van der Waals surface area contributed by atoms with Crippen molar-refractivity contribution in [1.29, 1.82) is 0 Å². The number of benzene rings is 1. The molecule has 1 aromatic rings. The second kappa shape index (κ2) is 4.47. The summed E-state index contributed by atoms with van der Waals surface area (Å²) in [5.74, 6) is -0.975. The molecule has 1 spiro atoms. The summed E-state index contributed by atoms with van der Waals surface area (Å²) in [4.78, 5) is 36.2. The molecule has 1 saturated heterocycles. The number of nitrogens with one attached hydrogen (secondary N) is 1. The summed E-state index contributed by atoms with van der Waals surface area (Å²) in [6.07, 6.45) is -0.709. The summed E-state index contributed by atoms with van der Waals surface area (Å²) in [7, 11) is 0. The molecular weight excluding hydrogens is 274 g/mol. The second-order valence-corrected chi connectivity index (χ2v) is 5.60. The van der Waals surface area contributed by atoms with Gasteiger partial charge >= 0.3 is 6.09 Å². The molecule has 7 heteroatoms. The maximum Gasteiger partial charge on any atom is 0.408 e. The van der Waals surface area contributed by atoms with Crippen LogP contribution in [0.25, 0.3) is 0 Å². The van der Waals surface area contributed by atoms with E-state index in [9.17, 15) is 19.5 Å². The Bertz CT molecular complexity index is 621. The Balaban J connectivity index is 1.97. The molecule has 2 aliphatic rings. The van der Waals surface area contributed by atoms with Crippen molar-refractivity contribution in [3.63, 3.8) is 0 Å². The third kappa shape index (κ3) is 2.01. The fraction of sp³-hybridized carbons (Fsp3) is 0.357. The van der Waals surface area contributed by atoms with Crippen molar-refractivity contribution >= 4 is 23.6 Å². The first-order valence-corrected chi connectivity index (χ1v) is 6.61. The molecular formula is C14H15N3O4. The summed E-state index contributed by atoms with van der Waals surface area (Å²) >= 11 is 0. The van der Waals surface area contributed by atoms with Gasteiger partial charge in [0.05, 0.1) is 5.41 Å². The van der Waals surface area contributed by atoms with Crippen LogP contribution in [0, 0.1) is 5.41 Å². The molecule has 0 aliphatic carbocycles. The van der Waals surface area contributed by atoms with Crippen molar-refractivity contribution in [1.82, 2.24) is 4.90 Å². The Hall–Kier alpha value is -2.57. The molecule has 0 unspecified atom stereocenters. The van der Waals surface area contributed by atoms with Gasteiger partial charge in [0.15, 0.2) is 0 Å². The smallest absolute Gasteiger partial charge is 0.408 e. The molecule has 2 heterocycles. The molecule has 0 saturated carbocycles. The van der Waals surface area contributed by atoms with Gasteiger partial charge in [0, 0.05) is 12.2 Å². The van der Waals surface area contributed by atoms with Crippen LogP contribution in [-0.2, 0) is 16.0 Å². The van der Waals surface area contributed by atoms with Crippen molar-refractivity contribution < 1.29 is 19.5 Å². The zero-order chi connectivity index (χ0) is 15.2. The number of para-hydroxylation sites is 1. The predicted octanol–water partition coefficient (Wildman–Crippen LogP) is 0.405. The largest absolute Gasteiger partial charge is 0.465 e. The molecule has 0 aromatic heterocycles. The standard InChI is InChI=1S/C14H15N3O4/c15-11(18)10-6-14(7-17(10)13(20)21)5-8-3-1-2-4-9(8)16-12(14)19/h1-4,10H,5-7H2,(H2,15,18)(H,16,19)(H,20,21)/t10-,14+/m0/s1. The Kier molecular flexibility index (Phi) is 2.86. The van der Waals surface area contributed by atoms with E-state index in [1.54, 1.807) is 6.07 Å². The second-order valence-electron chi connectivity index (χ2n) is 5.60. The number of rotatable bonds is 1. The molecule has 0 bridgehead atoms. The van der Waals surface area contributed by atoms with Crippen molar-refractivity contribution in [2.45, 2.75) is 18.9 Å². The normalized spacial score (nSPS) is 27.3. The van der Waals surface area contributed by atoms with Crippen LogP contribution in [0.3, 0.4) is 0 Å². The van der Waals surface area contributed by atoms with E-state index < -0.39 is 23.5 Å². The van der Waals surface area contributed by atoms with Gasteiger partial charge in [0.25, 0.3) is 0 Å². The first-order chi connectivity index (χ1) is 9.93. The fourth-order valence-corrected chi connectivity index (χ4v) is 3.22. The van der Waals surface area contributed by atoms with Gasteiger partial charge in [-0.05, 0) is 24.5 Å². The molecule has 4 N–H and O–H groups in total. The molecule has 0 radical (unpaired) electrons. The van der Waals surface area contributed by atoms with Crippen molar-refractivity contribution in [3.8, 4) is 0 Å². The fourth-order valence-electron chi connectivity index (χ4n) is 3.22. The van der Waals surface area contributed by atoms with Crippen LogP contribution in [-0.4, -0.2) is 40.5 Å². The van der Waals surface area contributed by atoms with Gasteiger partial charge in [-0.15, -0.1) is 0 Å². The van der Waals surface area contributed by atoms with Crippen molar-refractivity contribution in [2.75, 3.05) is 11.9 Å². The van der Waals surface area contributed by atoms with Crippen LogP contribution in [0.1, 0.15) is 12.0 Å². The van der Waals surface area contributed by atoms with Gasteiger partial charge in [-0.1, -0.05) is 18.2 Å². The number of amides is 3. The lowest BCUT2D eigenvalue weighted by Crippen LogP contribution is -2.45. The van der Waals surface area contributed by atoms with Gasteiger partial charge in [-0.3, -0.25) is 14.5 Å². The summed E-state index contributed by atoms with van der Waals surface area (Å²) < 4.78 is 0. The minimum Gasteiger partial charge on any atom is -0.465 e. The first-order valence-electron chi connectivity index (χ1n) is 6.61. The van der Waals surface area contributed by atoms with Gasteiger partial charge in [0.1, 0.15) is 6.04 Å². The molecule has 110 valence electrons. The number of nitrogens with zero attached hydrogens (tertiary/aromatic N) is 1. The highest BCUT2D eigenvalue weighted by Crippen LogP contribution is 2.43. The van der Waals surface area contributed by atoms with Gasteiger partial charge in [0.2, 0.25) is 11.8 Å². The number of anilines is 1. The molecule has 2 aliphatic heterocycles. The predicted molar refractivity (Wildman–Crippen MR) is 73.5 cm³/mol. The highest BCUT2D eigenvalue weighted by atomic mass is 16.4. The molecule has 3 rings (SSSR count). The van der Waals surface area contributed by atoms with E-state index in [1.807, 2.05) is 18.2 Å². The van der Waals surface area contributed by atoms with Crippen LogP contribution >= 0.6 is 0 Å². The number of carboxylic acid groups (broad SMARTS) is 1. The number of likely N-dealkylation sites (tertiary alicyclic amines) is 1. The quantitative estimate of drug-likeness (QED) is 0.694. The van der Waals surface area contributed by atoms with Crippen LogP contribution in [0.5, 0.6) is 0 Å². The average molecular weight is 289 g/mol. The van der Waals surface area contributed by atoms with Gasteiger partial charge in [-0.25, -0.2) is 4.79 Å². The summed E-state index contributed by atoms with van der Waals surface area (Å²) in [5.41, 5.74) is 6.03. The molecule has 1 fully saturated rings. The monoisotopic (exact) mass is 289 g/mol. The molecule has 3 amide bonds. The van der Waals surface area contributed by atoms with E-state index in [-0.39, 0.29) is 18.9 Å². The zero-order valence-electron chi connectivity index (χ0n) is 11.2. The number of carbonyl (C=O) groups excluding carboxylic acids is 2. The van der Waals surface area contributed by atoms with Crippen molar-refractivity contribution in [2.24, 2.45) is 11.1 Å². The Morgan fingerprint density at radius 3 is 2.71 bits per heavy atom. The van der Waals surface area contributed by atoms with E-state index >= 15 is 0 Å². The van der Waals surface area contributed by atoms with Crippen LogP contribution in [0.2, 0.25) is 0 Å². The van der Waals surface area contributed by atoms with E-state index in [0.717, 1.165) is 16.2 Å². The highest BCUT2D eigenvalue weighted by molar-refractivity contribution is 6.00. The molecule has 7 nitrogen and oxygen atoms in total. The SMILES string of the molecule is NC(=O)[C@@H]1C[C@]2(Cc3ccccc3NC2=O)CN1C(=O)O. The van der Waals surface area contributed by atoms with E-state index in [2.05, 4.69) is 5.32 Å². The third-order valence-corrected chi connectivity index (χ3v) is 4.28. The minimum absolute atomic E-state index is 0.0178. The van der Waals surface area contributed by atoms with E-state index in [4.69, 9.17) is 5.73 Å². The van der Waals surface area contributed by atoms with Crippen LogP contribution in [0.15, 0.2) is 24.3 Å². The van der Waals surface area contributed by atoms with Crippen LogP contribution in [0.4, 0.5) is 10.5 Å². The summed E-state index contributed by atoms with van der Waals surface area (Å²) in [6, 6.07) is 6.41.